The number of piperazine rings is 1. The first-order valence-corrected chi connectivity index (χ1v) is 7.94. The molecule has 1 atom stereocenters. The second-order valence-corrected chi connectivity index (χ2v) is 5.55. The molecule has 25 heavy (non-hydrogen) atoms. The quantitative estimate of drug-likeness (QED) is 0.453. The fourth-order valence-electron chi connectivity index (χ4n) is 2.79. The van der Waals surface area contributed by atoms with E-state index in [1.165, 1.54) is 25.3 Å². The van der Waals surface area contributed by atoms with Gasteiger partial charge in [0.15, 0.2) is 0 Å². The molecular formula is C16H21N3O6. The molecule has 1 aromatic rings. The summed E-state index contributed by atoms with van der Waals surface area (Å²) in [4.78, 5) is 36.6. The molecule has 0 aromatic heterocycles. The third-order valence-electron chi connectivity index (χ3n) is 3.97. The second kappa shape index (κ2) is 8.54. The molecule has 1 saturated heterocycles. The maximum atomic E-state index is 12.0. The van der Waals surface area contributed by atoms with E-state index in [0.717, 1.165) is 0 Å². The molecule has 1 aliphatic heterocycles. The molecule has 1 heterocycles. The van der Waals surface area contributed by atoms with E-state index >= 15 is 0 Å². The van der Waals surface area contributed by atoms with Gasteiger partial charge in [0.05, 0.1) is 29.8 Å². The number of hydrogen-bond donors (Lipinski definition) is 1. The Labute approximate surface area is 145 Å². The zero-order valence-corrected chi connectivity index (χ0v) is 14.2. The largest absolute Gasteiger partial charge is 0.465 e. The number of carbonyl (C=O) groups is 2. The van der Waals surface area contributed by atoms with Crippen LogP contribution in [-0.4, -0.2) is 61.2 Å². The summed E-state index contributed by atoms with van der Waals surface area (Å²) in [6, 6.07) is 3.80. The summed E-state index contributed by atoms with van der Waals surface area (Å²) < 4.78 is 9.74. The molecule has 0 spiro atoms. The molecule has 1 aromatic carbocycles. The number of nitrogens with one attached hydrogen (secondary N) is 1. The Morgan fingerprint density at radius 2 is 2.20 bits per heavy atom. The normalized spacial score (nSPS) is 17.8. The Morgan fingerprint density at radius 1 is 1.44 bits per heavy atom. The number of ether oxygens (including phenoxy) is 2. The van der Waals surface area contributed by atoms with Crippen molar-refractivity contribution in [3.63, 3.8) is 0 Å². The van der Waals surface area contributed by atoms with Gasteiger partial charge < -0.3 is 14.8 Å². The van der Waals surface area contributed by atoms with Crippen LogP contribution in [0.3, 0.4) is 0 Å². The number of nitro benzene ring substituents is 1. The summed E-state index contributed by atoms with van der Waals surface area (Å²) >= 11 is 0. The molecule has 1 aliphatic rings. The van der Waals surface area contributed by atoms with Gasteiger partial charge in [0.25, 0.3) is 5.69 Å². The molecule has 0 amide bonds. The summed E-state index contributed by atoms with van der Waals surface area (Å²) in [5.74, 6) is -0.987. The van der Waals surface area contributed by atoms with Crippen LogP contribution in [0.1, 0.15) is 22.8 Å². The van der Waals surface area contributed by atoms with Crippen LogP contribution >= 0.6 is 0 Å². The first-order valence-electron chi connectivity index (χ1n) is 7.94. The van der Waals surface area contributed by atoms with Crippen LogP contribution in [0.25, 0.3) is 0 Å². The highest BCUT2D eigenvalue weighted by atomic mass is 16.6. The zero-order valence-electron chi connectivity index (χ0n) is 14.2. The minimum absolute atomic E-state index is 0.144. The van der Waals surface area contributed by atoms with Crippen LogP contribution in [0.15, 0.2) is 18.2 Å². The van der Waals surface area contributed by atoms with Crippen molar-refractivity contribution in [1.29, 1.82) is 0 Å². The summed E-state index contributed by atoms with van der Waals surface area (Å²) in [5, 5.41) is 14.4. The highest BCUT2D eigenvalue weighted by Gasteiger charge is 2.29. The Hall–Kier alpha value is -2.52. The lowest BCUT2D eigenvalue weighted by Gasteiger charge is -2.32. The lowest BCUT2D eigenvalue weighted by molar-refractivity contribution is -0.385. The van der Waals surface area contributed by atoms with Gasteiger partial charge >= 0.3 is 11.9 Å². The van der Waals surface area contributed by atoms with Crippen LogP contribution in [0.5, 0.6) is 0 Å². The molecule has 136 valence electrons. The number of esters is 2. The van der Waals surface area contributed by atoms with E-state index in [4.69, 9.17) is 9.47 Å². The summed E-state index contributed by atoms with van der Waals surface area (Å²) in [5.41, 5.74) is 0.292. The van der Waals surface area contributed by atoms with Crippen LogP contribution < -0.4 is 5.32 Å². The highest BCUT2D eigenvalue weighted by Crippen LogP contribution is 2.25. The lowest BCUT2D eigenvalue weighted by Crippen LogP contribution is -2.54. The van der Waals surface area contributed by atoms with Crippen LogP contribution in [0.2, 0.25) is 0 Å². The van der Waals surface area contributed by atoms with Crippen molar-refractivity contribution in [1.82, 2.24) is 10.2 Å². The van der Waals surface area contributed by atoms with Crippen molar-refractivity contribution in [2.24, 2.45) is 0 Å². The maximum Gasteiger partial charge on any atom is 0.338 e. The van der Waals surface area contributed by atoms with Crippen molar-refractivity contribution < 1.29 is 24.0 Å². The van der Waals surface area contributed by atoms with Gasteiger partial charge in [-0.15, -0.1) is 0 Å². The van der Waals surface area contributed by atoms with Crippen molar-refractivity contribution in [3.05, 3.63) is 39.4 Å². The molecule has 1 N–H and O–H groups in total. The molecular weight excluding hydrogens is 330 g/mol. The molecule has 9 heteroatoms. The van der Waals surface area contributed by atoms with Gasteiger partial charge in [-0.05, 0) is 13.0 Å². The van der Waals surface area contributed by atoms with Gasteiger partial charge in [-0.25, -0.2) is 4.79 Å². The Morgan fingerprint density at radius 3 is 2.84 bits per heavy atom. The number of nitrogens with zero attached hydrogens (tertiary/aromatic N) is 2. The first-order chi connectivity index (χ1) is 12.0. The Bertz CT molecular complexity index is 663. The number of nitro groups is 1. The summed E-state index contributed by atoms with van der Waals surface area (Å²) in [6.07, 6.45) is 0. The molecule has 9 nitrogen and oxygen atoms in total. The number of rotatable bonds is 6. The van der Waals surface area contributed by atoms with Gasteiger partial charge in [0.2, 0.25) is 0 Å². The van der Waals surface area contributed by atoms with Crippen LogP contribution in [0, 0.1) is 10.1 Å². The van der Waals surface area contributed by atoms with Crippen LogP contribution in [0.4, 0.5) is 5.69 Å². The highest BCUT2D eigenvalue weighted by molar-refractivity contribution is 5.92. The number of methoxy groups -OCH3 is 1. The van der Waals surface area contributed by atoms with E-state index in [-0.39, 0.29) is 35.9 Å². The zero-order chi connectivity index (χ0) is 18.4. The molecule has 1 unspecified atom stereocenters. The van der Waals surface area contributed by atoms with E-state index in [1.807, 2.05) is 4.90 Å². The summed E-state index contributed by atoms with van der Waals surface area (Å²) in [6.45, 7) is 3.65. The predicted octanol–water partition coefficient (Wildman–Crippen LogP) is 0.718. The van der Waals surface area contributed by atoms with Crippen molar-refractivity contribution in [2.45, 2.75) is 19.5 Å². The standard InChI is InChI=1S/C16H21N3O6/c1-3-25-16(21)13-10-18(8-7-17-13)9-12-11(15(20)24-2)5-4-6-14(12)19(22)23/h4-6,13,17H,3,7-10H2,1-2H3. The Kier molecular flexibility index (Phi) is 6.43. The average molecular weight is 351 g/mol. The number of carbonyl (C=O) groups excluding carboxylic acids is 2. The maximum absolute atomic E-state index is 12.0. The predicted molar refractivity (Wildman–Crippen MR) is 88.1 cm³/mol. The minimum atomic E-state index is -0.629. The smallest absolute Gasteiger partial charge is 0.338 e. The first kappa shape index (κ1) is 18.8. The van der Waals surface area contributed by atoms with Crippen molar-refractivity contribution in [2.75, 3.05) is 33.4 Å². The number of benzene rings is 1. The molecule has 0 bridgehead atoms. The lowest BCUT2D eigenvalue weighted by atomic mass is 10.0. The van der Waals surface area contributed by atoms with E-state index in [9.17, 15) is 19.7 Å². The van der Waals surface area contributed by atoms with E-state index < -0.39 is 16.9 Å². The van der Waals surface area contributed by atoms with Crippen molar-refractivity contribution in [3.8, 4) is 0 Å². The van der Waals surface area contributed by atoms with Gasteiger partial charge in [0.1, 0.15) is 6.04 Å². The van der Waals surface area contributed by atoms with E-state index in [2.05, 4.69) is 5.32 Å². The fraction of sp³-hybridized carbons (Fsp3) is 0.500. The third kappa shape index (κ3) is 4.52. The summed E-state index contributed by atoms with van der Waals surface area (Å²) in [7, 11) is 1.23. The molecule has 2 rings (SSSR count). The fourth-order valence-corrected chi connectivity index (χ4v) is 2.79. The van der Waals surface area contributed by atoms with Gasteiger partial charge in [0, 0.05) is 32.2 Å². The number of hydrogen-bond acceptors (Lipinski definition) is 8. The second-order valence-electron chi connectivity index (χ2n) is 5.55. The minimum Gasteiger partial charge on any atom is -0.465 e. The van der Waals surface area contributed by atoms with Gasteiger partial charge in [-0.1, -0.05) is 6.07 Å². The molecule has 0 radical (unpaired) electrons. The van der Waals surface area contributed by atoms with Gasteiger partial charge in [-0.3, -0.25) is 19.8 Å². The van der Waals surface area contributed by atoms with Crippen LogP contribution in [-0.2, 0) is 20.8 Å². The van der Waals surface area contributed by atoms with Crippen molar-refractivity contribution >= 4 is 17.6 Å². The topological polar surface area (TPSA) is 111 Å². The third-order valence-corrected chi connectivity index (χ3v) is 3.97. The molecule has 1 fully saturated rings. The SMILES string of the molecule is CCOC(=O)C1CN(Cc2c(C(=O)OC)cccc2[N+](=O)[O-])CCN1. The molecule has 0 saturated carbocycles. The van der Waals surface area contributed by atoms with E-state index in [0.29, 0.717) is 19.6 Å². The van der Waals surface area contributed by atoms with Gasteiger partial charge in [-0.2, -0.15) is 0 Å². The monoisotopic (exact) mass is 351 g/mol. The average Bonchev–Trinajstić information content (AvgIpc) is 2.61. The van der Waals surface area contributed by atoms with E-state index in [1.54, 1.807) is 6.92 Å². The Balaban J connectivity index is 2.24. The molecule has 0 aliphatic carbocycles.